The van der Waals surface area contributed by atoms with Gasteiger partial charge in [0.1, 0.15) is 11.5 Å². The number of hydrogen-bond donors (Lipinski definition) is 3. The fourth-order valence-electron chi connectivity index (χ4n) is 2.32. The molecule has 6 heteroatoms. The summed E-state index contributed by atoms with van der Waals surface area (Å²) in [5.41, 5.74) is 4.57. The molecule has 0 aliphatic carbocycles. The number of ether oxygens (including phenoxy) is 2. The van der Waals surface area contributed by atoms with Crippen molar-refractivity contribution in [2.24, 2.45) is 0 Å². The van der Waals surface area contributed by atoms with Crippen molar-refractivity contribution in [2.75, 3.05) is 14.2 Å². The van der Waals surface area contributed by atoms with E-state index in [-0.39, 0.29) is 0 Å². The van der Waals surface area contributed by atoms with E-state index in [4.69, 9.17) is 14.7 Å². The van der Waals surface area contributed by atoms with E-state index in [1.165, 1.54) is 6.08 Å². The molecule has 0 unspecified atom stereocenters. The highest BCUT2D eigenvalue weighted by atomic mass is 16.5. The number of nitrogens with one attached hydrogen (secondary N) is 2. The number of carbonyl (C=O) groups excluding carboxylic acids is 1. The lowest BCUT2D eigenvalue weighted by Crippen LogP contribution is -2.14. The maximum Gasteiger partial charge on any atom is 0.267 e. The Labute approximate surface area is 147 Å². The maximum atomic E-state index is 10.9. The first kappa shape index (κ1) is 18.5. The van der Waals surface area contributed by atoms with E-state index in [1.807, 2.05) is 42.5 Å². The number of amides is 1. The van der Waals surface area contributed by atoms with E-state index < -0.39 is 5.91 Å². The quantitative estimate of drug-likeness (QED) is 0.390. The molecule has 0 aliphatic rings. The highest BCUT2D eigenvalue weighted by Crippen LogP contribution is 2.23. The predicted octanol–water partition coefficient (Wildman–Crippen LogP) is 2.51. The van der Waals surface area contributed by atoms with Crippen LogP contribution >= 0.6 is 0 Å². The number of hydrogen-bond acceptors (Lipinski definition) is 5. The predicted molar refractivity (Wildman–Crippen MR) is 95.5 cm³/mol. The van der Waals surface area contributed by atoms with Gasteiger partial charge in [-0.15, -0.1) is 0 Å². The van der Waals surface area contributed by atoms with Gasteiger partial charge in [-0.25, -0.2) is 5.48 Å². The normalized spacial score (nSPS) is 10.7. The summed E-state index contributed by atoms with van der Waals surface area (Å²) in [7, 11) is 3.29. The summed E-state index contributed by atoms with van der Waals surface area (Å²) in [6.45, 7) is 1.35. The molecule has 0 bridgehead atoms. The third-order valence-corrected chi connectivity index (χ3v) is 3.65. The second-order valence-corrected chi connectivity index (χ2v) is 5.33. The van der Waals surface area contributed by atoms with Gasteiger partial charge in [0, 0.05) is 24.7 Å². The number of rotatable bonds is 8. The van der Waals surface area contributed by atoms with Crippen molar-refractivity contribution >= 4 is 12.0 Å². The molecule has 2 aromatic rings. The molecule has 0 aliphatic heterocycles. The van der Waals surface area contributed by atoms with Crippen LogP contribution in [0.2, 0.25) is 0 Å². The standard InChI is InChI=1S/C19H22N2O4/c1-24-17-8-9-18(25-2)16(11-17)13-20-12-15-5-3-14(4-6-15)7-10-19(22)21-23/h3-11,20,23H,12-13H2,1-2H3,(H,21,22)/b10-7+. The molecule has 0 radical (unpaired) electrons. The maximum absolute atomic E-state index is 10.9. The van der Waals surface area contributed by atoms with Crippen LogP contribution in [0.15, 0.2) is 48.5 Å². The second kappa shape index (κ2) is 9.46. The second-order valence-electron chi connectivity index (χ2n) is 5.33. The van der Waals surface area contributed by atoms with Crippen LogP contribution in [0.25, 0.3) is 6.08 Å². The minimum absolute atomic E-state index is 0.557. The Bertz CT molecular complexity index is 727. The SMILES string of the molecule is COc1ccc(OC)c(CNCc2ccc(/C=C/C(=O)NO)cc2)c1. The molecule has 0 atom stereocenters. The number of hydroxylamine groups is 1. The van der Waals surface area contributed by atoms with Gasteiger partial charge in [0.15, 0.2) is 0 Å². The molecule has 6 nitrogen and oxygen atoms in total. The van der Waals surface area contributed by atoms with Crippen LogP contribution in [0.5, 0.6) is 11.5 Å². The Morgan fingerprint density at radius 1 is 1.08 bits per heavy atom. The summed E-state index contributed by atoms with van der Waals surface area (Å²) in [5.74, 6) is 1.05. The van der Waals surface area contributed by atoms with Gasteiger partial charge in [-0.2, -0.15) is 0 Å². The molecule has 2 rings (SSSR count). The monoisotopic (exact) mass is 342 g/mol. The molecule has 0 aromatic heterocycles. The summed E-state index contributed by atoms with van der Waals surface area (Å²) in [4.78, 5) is 10.9. The van der Waals surface area contributed by atoms with Crippen molar-refractivity contribution in [3.05, 3.63) is 65.2 Å². The third kappa shape index (κ3) is 5.63. The summed E-state index contributed by atoms with van der Waals surface area (Å²) in [6, 6.07) is 13.5. The van der Waals surface area contributed by atoms with Gasteiger partial charge in [-0.3, -0.25) is 10.0 Å². The molecule has 0 heterocycles. The summed E-state index contributed by atoms with van der Waals surface area (Å²) in [6.07, 6.45) is 2.90. The number of benzene rings is 2. The molecule has 132 valence electrons. The lowest BCUT2D eigenvalue weighted by molar-refractivity contribution is -0.124. The molecule has 0 fully saturated rings. The van der Waals surface area contributed by atoms with Crippen LogP contribution in [0.4, 0.5) is 0 Å². The van der Waals surface area contributed by atoms with E-state index in [0.29, 0.717) is 13.1 Å². The van der Waals surface area contributed by atoms with Gasteiger partial charge in [0.05, 0.1) is 14.2 Å². The Morgan fingerprint density at radius 3 is 2.48 bits per heavy atom. The minimum atomic E-state index is -0.557. The van der Waals surface area contributed by atoms with Crippen LogP contribution in [0.1, 0.15) is 16.7 Å². The highest BCUT2D eigenvalue weighted by molar-refractivity contribution is 5.90. The van der Waals surface area contributed by atoms with E-state index in [1.54, 1.807) is 25.8 Å². The molecule has 25 heavy (non-hydrogen) atoms. The molecule has 3 N–H and O–H groups in total. The van der Waals surface area contributed by atoms with E-state index in [0.717, 1.165) is 28.2 Å². The summed E-state index contributed by atoms with van der Waals surface area (Å²) >= 11 is 0. The topological polar surface area (TPSA) is 79.8 Å². The van der Waals surface area contributed by atoms with Gasteiger partial charge in [-0.1, -0.05) is 24.3 Å². The summed E-state index contributed by atoms with van der Waals surface area (Å²) < 4.78 is 10.6. The number of carbonyl (C=O) groups is 1. The van der Waals surface area contributed by atoms with Crippen LogP contribution in [0, 0.1) is 0 Å². The van der Waals surface area contributed by atoms with Gasteiger partial charge in [-0.05, 0) is 35.4 Å². The molecule has 0 saturated heterocycles. The van der Waals surface area contributed by atoms with Crippen molar-refractivity contribution in [2.45, 2.75) is 13.1 Å². The average Bonchev–Trinajstić information content (AvgIpc) is 2.66. The molecule has 0 spiro atoms. The fourth-order valence-corrected chi connectivity index (χ4v) is 2.32. The average molecular weight is 342 g/mol. The highest BCUT2D eigenvalue weighted by Gasteiger charge is 2.04. The van der Waals surface area contributed by atoms with Crippen molar-refractivity contribution in [3.63, 3.8) is 0 Å². The fraction of sp³-hybridized carbons (Fsp3) is 0.211. The van der Waals surface area contributed by atoms with Gasteiger partial charge < -0.3 is 14.8 Å². The largest absolute Gasteiger partial charge is 0.497 e. The van der Waals surface area contributed by atoms with Gasteiger partial charge in [0.2, 0.25) is 0 Å². The molecular weight excluding hydrogens is 320 g/mol. The van der Waals surface area contributed by atoms with Crippen molar-refractivity contribution in [3.8, 4) is 11.5 Å². The van der Waals surface area contributed by atoms with Crippen molar-refractivity contribution in [1.29, 1.82) is 0 Å². The van der Waals surface area contributed by atoms with Crippen LogP contribution in [-0.2, 0) is 17.9 Å². The van der Waals surface area contributed by atoms with Gasteiger partial charge in [0.25, 0.3) is 5.91 Å². The lowest BCUT2D eigenvalue weighted by Gasteiger charge is -2.11. The molecular formula is C19H22N2O4. The first-order chi connectivity index (χ1) is 12.2. The Balaban J connectivity index is 1.92. The lowest BCUT2D eigenvalue weighted by atomic mass is 10.1. The van der Waals surface area contributed by atoms with Gasteiger partial charge >= 0.3 is 0 Å². The first-order valence-electron chi connectivity index (χ1n) is 7.79. The van der Waals surface area contributed by atoms with Crippen molar-refractivity contribution < 1.29 is 19.5 Å². The molecule has 2 aromatic carbocycles. The summed E-state index contributed by atoms with van der Waals surface area (Å²) in [5, 5.41) is 11.8. The zero-order valence-electron chi connectivity index (χ0n) is 14.3. The molecule has 1 amide bonds. The van der Waals surface area contributed by atoms with Crippen LogP contribution < -0.4 is 20.3 Å². The smallest absolute Gasteiger partial charge is 0.267 e. The number of methoxy groups -OCH3 is 2. The van der Waals surface area contributed by atoms with Crippen LogP contribution in [0.3, 0.4) is 0 Å². The van der Waals surface area contributed by atoms with E-state index in [9.17, 15) is 4.79 Å². The minimum Gasteiger partial charge on any atom is -0.497 e. The third-order valence-electron chi connectivity index (χ3n) is 3.65. The zero-order chi connectivity index (χ0) is 18.1. The van der Waals surface area contributed by atoms with Crippen molar-refractivity contribution in [1.82, 2.24) is 10.8 Å². The Kier molecular flexibility index (Phi) is 7.00. The van der Waals surface area contributed by atoms with Crippen LogP contribution in [-0.4, -0.2) is 25.3 Å². The first-order valence-corrected chi connectivity index (χ1v) is 7.79. The Hall–Kier alpha value is -2.83. The molecule has 0 saturated carbocycles. The zero-order valence-corrected chi connectivity index (χ0v) is 14.3. The Morgan fingerprint density at radius 2 is 1.84 bits per heavy atom. The van der Waals surface area contributed by atoms with E-state index in [2.05, 4.69) is 5.32 Å². The van der Waals surface area contributed by atoms with E-state index >= 15 is 0 Å².